The maximum atomic E-state index is 9.53. The Kier molecular flexibility index (Phi) is 3.79. The topological polar surface area (TPSA) is 97.3 Å². The van der Waals surface area contributed by atoms with Crippen LogP contribution in [0.25, 0.3) is 0 Å². The van der Waals surface area contributed by atoms with E-state index in [1.54, 1.807) is 17.5 Å². The van der Waals surface area contributed by atoms with E-state index in [-0.39, 0.29) is 17.9 Å². The number of hydrogen-bond donors (Lipinski definition) is 0. The van der Waals surface area contributed by atoms with Crippen molar-refractivity contribution in [1.82, 2.24) is 20.0 Å². The normalized spacial score (nSPS) is 27.8. The highest BCUT2D eigenvalue weighted by Gasteiger charge is 2.48. The Morgan fingerprint density at radius 1 is 1.29 bits per heavy atom. The van der Waals surface area contributed by atoms with Gasteiger partial charge in [0.25, 0.3) is 11.8 Å². The highest BCUT2D eigenvalue weighted by atomic mass is 35.5. The van der Waals surface area contributed by atoms with Crippen molar-refractivity contribution in [2.24, 2.45) is 4.99 Å². The summed E-state index contributed by atoms with van der Waals surface area (Å²) in [7, 11) is 0. The van der Waals surface area contributed by atoms with Crippen LogP contribution in [0.5, 0.6) is 0 Å². The fourth-order valence-corrected chi connectivity index (χ4v) is 4.76. The molecule has 0 N–H and O–H groups in total. The van der Waals surface area contributed by atoms with Crippen LogP contribution >= 0.6 is 11.6 Å². The predicted octanol–water partition coefficient (Wildman–Crippen LogP) is 3.40. The molecule has 5 heterocycles. The van der Waals surface area contributed by atoms with Gasteiger partial charge in [-0.3, -0.25) is 4.90 Å². The number of para-hydroxylation sites is 1. The lowest BCUT2D eigenvalue weighted by Crippen LogP contribution is -2.48. The average molecular weight is 439 g/mol. The number of ether oxygens (including phenoxy) is 1. The van der Waals surface area contributed by atoms with E-state index in [1.807, 2.05) is 34.2 Å². The molecule has 6 rings (SSSR count). The summed E-state index contributed by atoms with van der Waals surface area (Å²) in [5, 5.41) is 17.3. The van der Waals surface area contributed by atoms with E-state index >= 15 is 0 Å². The molecule has 3 unspecified atom stereocenters. The van der Waals surface area contributed by atoms with Crippen LogP contribution < -0.4 is 9.91 Å². The molecule has 0 bridgehead atoms. The highest BCUT2D eigenvalue weighted by Crippen LogP contribution is 2.48. The van der Waals surface area contributed by atoms with Crippen LogP contribution in [0.3, 0.4) is 0 Å². The zero-order valence-electron chi connectivity index (χ0n) is 16.9. The fraction of sp³-hybridized carbons (Fsp3) is 0.400. The molecular formula is C20H19ClN8O2. The molecule has 0 saturated carbocycles. The summed E-state index contributed by atoms with van der Waals surface area (Å²) in [6, 6.07) is 7.87. The molecule has 0 amide bonds. The van der Waals surface area contributed by atoms with Gasteiger partial charge in [0, 0.05) is 5.56 Å². The fourth-order valence-electron chi connectivity index (χ4n) is 4.46. The highest BCUT2D eigenvalue weighted by molar-refractivity contribution is 6.22. The third-order valence-corrected chi connectivity index (χ3v) is 6.34. The van der Waals surface area contributed by atoms with Gasteiger partial charge in [0.05, 0.1) is 17.5 Å². The van der Waals surface area contributed by atoms with Crippen molar-refractivity contribution in [2.45, 2.75) is 50.2 Å². The van der Waals surface area contributed by atoms with Gasteiger partial charge in [-0.2, -0.15) is 10.2 Å². The summed E-state index contributed by atoms with van der Waals surface area (Å²) in [6.45, 7) is 4.11. The smallest absolute Gasteiger partial charge is 0.290 e. The Morgan fingerprint density at radius 2 is 2.13 bits per heavy atom. The molecule has 4 aliphatic rings. The van der Waals surface area contributed by atoms with E-state index in [4.69, 9.17) is 20.9 Å². The Balaban J connectivity index is 1.38. The van der Waals surface area contributed by atoms with Crippen molar-refractivity contribution in [1.29, 1.82) is 5.26 Å². The van der Waals surface area contributed by atoms with Crippen LogP contribution in [0.1, 0.15) is 50.4 Å². The molecule has 0 aliphatic carbocycles. The van der Waals surface area contributed by atoms with Crippen molar-refractivity contribution in [2.75, 3.05) is 9.91 Å². The van der Waals surface area contributed by atoms with Gasteiger partial charge in [0.15, 0.2) is 23.8 Å². The quantitative estimate of drug-likeness (QED) is 0.397. The number of nitrogens with zero attached hydrogens (tertiary/aromatic N) is 8. The molecule has 1 fully saturated rings. The minimum Gasteiger partial charge on any atom is -0.362 e. The Hall–Kier alpha value is -3.29. The van der Waals surface area contributed by atoms with E-state index in [0.717, 1.165) is 24.1 Å². The van der Waals surface area contributed by atoms with E-state index in [2.05, 4.69) is 35.2 Å². The first-order valence-corrected chi connectivity index (χ1v) is 10.5. The standard InChI is InChI=1S/C20H19ClN8O2/c1-20(2)8-7-14(30-20)17-24-19(25-31-17)27-11-23-16-12-5-3-4-6-13(12)28-15(29(16)27)9-26(10-22)18(28)21/h3-6,9,11,14,16,18H,7-8H2,1-2H3. The molecule has 4 aliphatic heterocycles. The largest absolute Gasteiger partial charge is 0.362 e. The predicted molar refractivity (Wildman–Crippen MR) is 111 cm³/mol. The molecule has 1 aromatic heterocycles. The van der Waals surface area contributed by atoms with Crippen LogP contribution in [0.4, 0.5) is 11.6 Å². The molecule has 0 spiro atoms. The van der Waals surface area contributed by atoms with Crippen molar-refractivity contribution in [3.8, 4) is 6.19 Å². The number of benzene rings is 1. The van der Waals surface area contributed by atoms with Gasteiger partial charge in [-0.25, -0.2) is 19.9 Å². The number of fused-ring (bicyclic) bond motifs is 6. The summed E-state index contributed by atoms with van der Waals surface area (Å²) < 4.78 is 11.6. The van der Waals surface area contributed by atoms with Crippen LogP contribution in [-0.4, -0.2) is 37.6 Å². The lowest BCUT2D eigenvalue weighted by molar-refractivity contribution is -0.0292. The van der Waals surface area contributed by atoms with Crippen LogP contribution in [0.15, 0.2) is 45.8 Å². The second kappa shape index (κ2) is 6.35. The van der Waals surface area contributed by atoms with Crippen molar-refractivity contribution < 1.29 is 9.26 Å². The number of alkyl halides is 1. The van der Waals surface area contributed by atoms with Gasteiger partial charge in [-0.15, -0.1) is 0 Å². The SMILES string of the molecule is CC1(C)CCC(c2nc(N3C=NC4c5ccccc5N5C(=CN(C#N)C5Cl)N43)no2)O1. The third kappa shape index (κ3) is 2.63. The molecule has 1 saturated heterocycles. The van der Waals surface area contributed by atoms with Crippen molar-refractivity contribution in [3.63, 3.8) is 0 Å². The number of halogens is 1. The van der Waals surface area contributed by atoms with Gasteiger partial charge >= 0.3 is 0 Å². The average Bonchev–Trinajstić information content (AvgIpc) is 3.52. The molecule has 2 aromatic rings. The first-order chi connectivity index (χ1) is 15.0. The minimum atomic E-state index is -0.681. The van der Waals surface area contributed by atoms with Gasteiger partial charge in [-0.05, 0) is 37.9 Å². The number of rotatable bonds is 2. The van der Waals surface area contributed by atoms with Gasteiger partial charge in [0.2, 0.25) is 0 Å². The number of aromatic nitrogens is 2. The molecule has 11 heteroatoms. The van der Waals surface area contributed by atoms with Crippen molar-refractivity contribution in [3.05, 3.63) is 47.7 Å². The molecular weight excluding hydrogens is 420 g/mol. The summed E-state index contributed by atoms with van der Waals surface area (Å²) >= 11 is 6.61. The number of hydrazine groups is 1. The Labute approximate surface area is 183 Å². The van der Waals surface area contributed by atoms with Gasteiger partial charge < -0.3 is 9.26 Å². The molecule has 10 nitrogen and oxygen atoms in total. The maximum absolute atomic E-state index is 9.53. The number of nitriles is 1. The summed E-state index contributed by atoms with van der Waals surface area (Å²) in [4.78, 5) is 12.6. The summed E-state index contributed by atoms with van der Waals surface area (Å²) in [5.41, 5.74) is 0.983. The van der Waals surface area contributed by atoms with Gasteiger partial charge in [0.1, 0.15) is 12.4 Å². The molecule has 3 atom stereocenters. The molecule has 0 radical (unpaired) electrons. The molecule has 1 aromatic carbocycles. The zero-order valence-corrected chi connectivity index (χ0v) is 17.6. The monoisotopic (exact) mass is 438 g/mol. The Morgan fingerprint density at radius 3 is 2.90 bits per heavy atom. The van der Waals surface area contributed by atoms with Crippen LogP contribution in [-0.2, 0) is 4.74 Å². The zero-order chi connectivity index (χ0) is 21.3. The number of anilines is 2. The third-order valence-electron chi connectivity index (χ3n) is 5.93. The van der Waals surface area contributed by atoms with E-state index in [0.29, 0.717) is 17.7 Å². The lowest BCUT2D eigenvalue weighted by Gasteiger charge is -2.42. The summed E-state index contributed by atoms with van der Waals surface area (Å²) in [5.74, 6) is 1.49. The van der Waals surface area contributed by atoms with E-state index in [9.17, 15) is 5.26 Å². The van der Waals surface area contributed by atoms with Crippen LogP contribution in [0, 0.1) is 11.5 Å². The first-order valence-electron chi connectivity index (χ1n) is 10.0. The maximum Gasteiger partial charge on any atom is 0.290 e. The summed E-state index contributed by atoms with van der Waals surface area (Å²) in [6.07, 6.45) is 6.68. The molecule has 31 heavy (non-hydrogen) atoms. The number of aliphatic imine (C=N–C) groups is 1. The second-order valence-corrected chi connectivity index (χ2v) is 8.79. The minimum absolute atomic E-state index is 0.207. The second-order valence-electron chi connectivity index (χ2n) is 8.40. The number of hydrogen-bond acceptors (Lipinski definition) is 10. The van der Waals surface area contributed by atoms with E-state index < -0.39 is 5.62 Å². The van der Waals surface area contributed by atoms with Gasteiger partial charge in [-0.1, -0.05) is 29.8 Å². The van der Waals surface area contributed by atoms with E-state index in [1.165, 1.54) is 4.90 Å². The van der Waals surface area contributed by atoms with Crippen molar-refractivity contribution >= 4 is 29.6 Å². The Bertz CT molecular complexity index is 1150. The first kappa shape index (κ1) is 18.5. The lowest BCUT2D eigenvalue weighted by atomic mass is 10.1. The molecule has 158 valence electrons. The van der Waals surface area contributed by atoms with Crippen LogP contribution in [0.2, 0.25) is 0 Å².